The summed E-state index contributed by atoms with van der Waals surface area (Å²) in [5.41, 5.74) is 1.88. The Bertz CT molecular complexity index is 822. The number of anilines is 1. The average molecular weight is 315 g/mol. The van der Waals surface area contributed by atoms with Gasteiger partial charge in [-0.05, 0) is 26.8 Å². The number of carbonyl (C=O) groups excluding carboxylic acids is 1. The van der Waals surface area contributed by atoms with Gasteiger partial charge in [-0.15, -0.1) is 11.3 Å². The van der Waals surface area contributed by atoms with Crippen molar-refractivity contribution < 1.29 is 9.21 Å². The molecular weight excluding hydrogens is 298 g/mol. The fourth-order valence-electron chi connectivity index (χ4n) is 2.41. The van der Waals surface area contributed by atoms with Crippen molar-refractivity contribution in [2.24, 2.45) is 0 Å². The van der Waals surface area contributed by atoms with E-state index in [1.54, 1.807) is 6.20 Å². The molecule has 0 fully saturated rings. The Morgan fingerprint density at radius 1 is 1.32 bits per heavy atom. The van der Waals surface area contributed by atoms with Crippen LogP contribution in [0.1, 0.15) is 29.2 Å². The van der Waals surface area contributed by atoms with E-state index in [4.69, 9.17) is 4.42 Å². The number of amides is 2. The second kappa shape index (κ2) is 5.81. The number of rotatable bonds is 3. The lowest BCUT2D eigenvalue weighted by molar-refractivity contribution is 0.248. The van der Waals surface area contributed by atoms with Gasteiger partial charge in [0.05, 0.1) is 6.04 Å². The molecule has 0 spiro atoms. The fourth-order valence-corrected chi connectivity index (χ4v) is 3.07. The molecule has 1 unspecified atom stereocenters. The Hall–Kier alpha value is -2.34. The number of aromatic nitrogens is 1. The lowest BCUT2D eigenvalue weighted by Gasteiger charge is -2.12. The summed E-state index contributed by atoms with van der Waals surface area (Å²) in [6.45, 7) is 5.85. The predicted octanol–water partition coefficient (Wildman–Crippen LogP) is 4.39. The highest BCUT2D eigenvalue weighted by Crippen LogP contribution is 2.29. The van der Waals surface area contributed by atoms with E-state index in [9.17, 15) is 4.79 Å². The number of fused-ring (bicyclic) bond motifs is 1. The van der Waals surface area contributed by atoms with Crippen LogP contribution in [0.2, 0.25) is 0 Å². The molecule has 0 saturated heterocycles. The molecule has 0 bridgehead atoms. The molecule has 2 amide bonds. The Morgan fingerprint density at radius 3 is 2.77 bits per heavy atom. The zero-order valence-corrected chi connectivity index (χ0v) is 13.5. The number of aryl methyl sites for hydroxylation is 2. The van der Waals surface area contributed by atoms with Gasteiger partial charge in [0, 0.05) is 22.0 Å². The highest BCUT2D eigenvalue weighted by molar-refractivity contribution is 7.15. The van der Waals surface area contributed by atoms with Gasteiger partial charge >= 0.3 is 6.03 Å². The highest BCUT2D eigenvalue weighted by Gasteiger charge is 2.18. The molecule has 22 heavy (non-hydrogen) atoms. The first-order valence-electron chi connectivity index (χ1n) is 7.02. The third-order valence-electron chi connectivity index (χ3n) is 3.46. The zero-order valence-electron chi connectivity index (χ0n) is 12.6. The molecule has 1 atom stereocenters. The maximum atomic E-state index is 12.0. The van der Waals surface area contributed by atoms with Crippen LogP contribution in [0.3, 0.4) is 0 Å². The van der Waals surface area contributed by atoms with E-state index in [-0.39, 0.29) is 12.1 Å². The molecule has 3 rings (SSSR count). The second-order valence-electron chi connectivity index (χ2n) is 5.18. The van der Waals surface area contributed by atoms with Gasteiger partial charge in [-0.25, -0.2) is 9.78 Å². The molecule has 0 radical (unpaired) electrons. The zero-order chi connectivity index (χ0) is 15.7. The minimum absolute atomic E-state index is 0.228. The maximum Gasteiger partial charge on any atom is 0.321 e. The number of furan rings is 1. The molecule has 2 heterocycles. The molecule has 0 saturated carbocycles. The van der Waals surface area contributed by atoms with Gasteiger partial charge < -0.3 is 9.73 Å². The number of para-hydroxylation sites is 1. The number of benzene rings is 1. The number of thiazole rings is 1. The second-order valence-corrected chi connectivity index (χ2v) is 6.42. The molecule has 6 heteroatoms. The minimum Gasteiger partial charge on any atom is -0.459 e. The monoisotopic (exact) mass is 315 g/mol. The number of nitrogens with zero attached hydrogens (tertiary/aromatic N) is 1. The van der Waals surface area contributed by atoms with E-state index in [2.05, 4.69) is 15.6 Å². The average Bonchev–Trinajstić information content (AvgIpc) is 3.03. The van der Waals surface area contributed by atoms with Crippen LogP contribution in [-0.4, -0.2) is 11.0 Å². The van der Waals surface area contributed by atoms with E-state index in [0.717, 1.165) is 27.2 Å². The molecule has 0 aliphatic heterocycles. The molecule has 2 aromatic heterocycles. The number of urea groups is 1. The topological polar surface area (TPSA) is 67.2 Å². The summed E-state index contributed by atoms with van der Waals surface area (Å²) >= 11 is 1.44. The van der Waals surface area contributed by atoms with Crippen LogP contribution in [0.4, 0.5) is 9.93 Å². The van der Waals surface area contributed by atoms with Gasteiger partial charge in [-0.1, -0.05) is 18.2 Å². The predicted molar refractivity (Wildman–Crippen MR) is 88.4 cm³/mol. The van der Waals surface area contributed by atoms with Crippen molar-refractivity contribution in [3.63, 3.8) is 0 Å². The van der Waals surface area contributed by atoms with Crippen LogP contribution >= 0.6 is 11.3 Å². The van der Waals surface area contributed by atoms with E-state index in [1.165, 1.54) is 11.3 Å². The first kappa shape index (κ1) is 14.6. The Morgan fingerprint density at radius 2 is 2.09 bits per heavy atom. The quantitative estimate of drug-likeness (QED) is 0.753. The Labute approximate surface area is 132 Å². The van der Waals surface area contributed by atoms with Gasteiger partial charge in [-0.3, -0.25) is 5.32 Å². The van der Waals surface area contributed by atoms with Gasteiger partial charge in [0.1, 0.15) is 11.3 Å². The number of hydrogen-bond donors (Lipinski definition) is 2. The smallest absolute Gasteiger partial charge is 0.321 e. The lowest BCUT2D eigenvalue weighted by atomic mass is 10.1. The lowest BCUT2D eigenvalue weighted by Crippen LogP contribution is -2.31. The summed E-state index contributed by atoms with van der Waals surface area (Å²) < 4.78 is 5.86. The van der Waals surface area contributed by atoms with Gasteiger partial charge in [0.2, 0.25) is 0 Å². The van der Waals surface area contributed by atoms with Gasteiger partial charge in [0.15, 0.2) is 5.13 Å². The molecule has 0 aliphatic carbocycles. The summed E-state index contributed by atoms with van der Waals surface area (Å²) in [7, 11) is 0. The largest absolute Gasteiger partial charge is 0.459 e. The van der Waals surface area contributed by atoms with E-state index >= 15 is 0 Å². The minimum atomic E-state index is -0.290. The molecule has 1 aromatic carbocycles. The van der Waals surface area contributed by atoms with Crippen molar-refractivity contribution in [2.45, 2.75) is 26.8 Å². The van der Waals surface area contributed by atoms with Gasteiger partial charge in [0.25, 0.3) is 0 Å². The van der Waals surface area contributed by atoms with Crippen molar-refractivity contribution in [3.8, 4) is 0 Å². The number of nitrogens with one attached hydrogen (secondary N) is 2. The summed E-state index contributed by atoms with van der Waals surface area (Å²) in [6, 6.07) is 7.34. The number of hydrogen-bond acceptors (Lipinski definition) is 4. The molecule has 5 nitrogen and oxygen atoms in total. The SMILES string of the molecule is Cc1cnc(NC(=O)NC(C)c2oc3ccccc3c2C)s1. The molecule has 0 aliphatic rings. The first-order valence-corrected chi connectivity index (χ1v) is 7.84. The molecule has 2 N–H and O–H groups in total. The van der Waals surface area contributed by atoms with Crippen molar-refractivity contribution >= 4 is 33.5 Å². The van der Waals surface area contributed by atoms with Crippen molar-refractivity contribution in [1.82, 2.24) is 10.3 Å². The summed E-state index contributed by atoms with van der Waals surface area (Å²) in [4.78, 5) is 17.2. The van der Waals surface area contributed by atoms with Crippen LogP contribution in [0.15, 0.2) is 34.9 Å². The van der Waals surface area contributed by atoms with Crippen molar-refractivity contribution in [1.29, 1.82) is 0 Å². The Balaban J connectivity index is 1.74. The molecule has 3 aromatic rings. The molecular formula is C16H17N3O2S. The first-order chi connectivity index (χ1) is 10.5. The van der Waals surface area contributed by atoms with Crippen molar-refractivity contribution in [3.05, 3.63) is 46.7 Å². The van der Waals surface area contributed by atoms with E-state index < -0.39 is 0 Å². The van der Waals surface area contributed by atoms with Crippen LogP contribution in [-0.2, 0) is 0 Å². The third-order valence-corrected chi connectivity index (χ3v) is 4.29. The molecule has 114 valence electrons. The van der Waals surface area contributed by atoms with Crippen LogP contribution < -0.4 is 10.6 Å². The standard InChI is InChI=1S/C16H17N3O2S/c1-9-8-17-16(22-9)19-15(20)18-11(3)14-10(2)12-6-4-5-7-13(12)21-14/h4-8,11H,1-3H3,(H2,17,18,19,20). The van der Waals surface area contributed by atoms with Crippen molar-refractivity contribution in [2.75, 3.05) is 5.32 Å². The fraction of sp³-hybridized carbons (Fsp3) is 0.250. The third kappa shape index (κ3) is 2.82. The summed E-state index contributed by atoms with van der Waals surface area (Å²) in [6.07, 6.45) is 1.73. The van der Waals surface area contributed by atoms with Crippen LogP contribution in [0, 0.1) is 13.8 Å². The van der Waals surface area contributed by atoms with Crippen LogP contribution in [0.5, 0.6) is 0 Å². The number of carbonyl (C=O) groups is 1. The maximum absolute atomic E-state index is 12.0. The summed E-state index contributed by atoms with van der Waals surface area (Å²) in [5.74, 6) is 0.770. The van der Waals surface area contributed by atoms with E-state index in [1.807, 2.05) is 45.0 Å². The van der Waals surface area contributed by atoms with E-state index in [0.29, 0.717) is 5.13 Å². The normalized spacial score (nSPS) is 12.3. The Kier molecular flexibility index (Phi) is 3.85. The van der Waals surface area contributed by atoms with Crippen LogP contribution in [0.25, 0.3) is 11.0 Å². The highest BCUT2D eigenvalue weighted by atomic mass is 32.1. The van der Waals surface area contributed by atoms with Gasteiger partial charge in [-0.2, -0.15) is 0 Å². The summed E-state index contributed by atoms with van der Waals surface area (Å²) in [5, 5.41) is 7.27.